The number of aliphatic hydroxyl groups excluding tert-OH is 1. The lowest BCUT2D eigenvalue weighted by molar-refractivity contribution is -0.132. The topological polar surface area (TPSA) is 92.6 Å². The third-order valence-corrected chi connectivity index (χ3v) is 8.28. The maximum atomic E-state index is 13.4. The second-order valence-electron chi connectivity index (χ2n) is 8.80. The summed E-state index contributed by atoms with van der Waals surface area (Å²) in [7, 11) is 0. The van der Waals surface area contributed by atoms with Gasteiger partial charge in [0.25, 0.3) is 5.78 Å². The Morgan fingerprint density at radius 3 is 2.38 bits per heavy atom. The Hall–Kier alpha value is -4.02. The number of anilines is 1. The summed E-state index contributed by atoms with van der Waals surface area (Å²) in [5.74, 6) is -1.02. The number of thioether (sulfide) groups is 1. The second kappa shape index (κ2) is 11.4. The fourth-order valence-corrected chi connectivity index (χ4v) is 6.03. The molecule has 39 heavy (non-hydrogen) atoms. The van der Waals surface area contributed by atoms with Gasteiger partial charge in [-0.05, 0) is 61.4 Å². The molecule has 10 heteroatoms. The quantitative estimate of drug-likeness (QED) is 0.0887. The minimum atomic E-state index is -0.889. The Labute approximate surface area is 233 Å². The van der Waals surface area contributed by atoms with Gasteiger partial charge in [-0.15, -0.1) is 10.2 Å². The maximum Gasteiger partial charge on any atom is 0.301 e. The molecule has 1 fully saturated rings. The first kappa shape index (κ1) is 26.6. The van der Waals surface area contributed by atoms with Gasteiger partial charge in [-0.2, -0.15) is 0 Å². The molecule has 5 rings (SSSR count). The molecular weight excluding hydrogens is 537 g/mol. The largest absolute Gasteiger partial charge is 0.507 e. The van der Waals surface area contributed by atoms with Gasteiger partial charge in [-0.3, -0.25) is 14.5 Å². The number of rotatable bonds is 8. The van der Waals surface area contributed by atoms with Crippen LogP contribution in [0, 0.1) is 12.7 Å². The average Bonchev–Trinajstić information content (AvgIpc) is 3.51. The molecule has 1 N–H and O–H groups in total. The van der Waals surface area contributed by atoms with Gasteiger partial charge in [0.15, 0.2) is 4.34 Å². The number of aliphatic hydroxyl groups is 1. The molecular formula is C29H24FN3O4S2. The summed E-state index contributed by atoms with van der Waals surface area (Å²) < 4.78 is 19.3. The van der Waals surface area contributed by atoms with Gasteiger partial charge in [0.2, 0.25) is 5.13 Å². The van der Waals surface area contributed by atoms with Gasteiger partial charge < -0.3 is 9.84 Å². The van der Waals surface area contributed by atoms with Crippen molar-refractivity contribution in [3.05, 3.63) is 106 Å². The van der Waals surface area contributed by atoms with E-state index in [2.05, 4.69) is 10.2 Å². The first-order chi connectivity index (χ1) is 18.9. The van der Waals surface area contributed by atoms with Crippen LogP contribution in [0.15, 0.2) is 82.7 Å². The normalized spacial score (nSPS) is 16.6. The van der Waals surface area contributed by atoms with Crippen molar-refractivity contribution < 1.29 is 23.8 Å². The molecule has 1 unspecified atom stereocenters. The van der Waals surface area contributed by atoms with Crippen molar-refractivity contribution in [2.45, 2.75) is 30.0 Å². The van der Waals surface area contributed by atoms with Crippen molar-refractivity contribution >= 4 is 45.7 Å². The van der Waals surface area contributed by atoms with E-state index < -0.39 is 17.7 Å². The summed E-state index contributed by atoms with van der Waals surface area (Å²) in [4.78, 5) is 28.0. The highest BCUT2D eigenvalue weighted by Crippen LogP contribution is 2.44. The fourth-order valence-electron chi connectivity index (χ4n) is 4.21. The highest BCUT2D eigenvalue weighted by Gasteiger charge is 2.48. The van der Waals surface area contributed by atoms with Crippen LogP contribution in [0.3, 0.4) is 0 Å². The zero-order chi connectivity index (χ0) is 27.5. The number of halogens is 1. The summed E-state index contributed by atoms with van der Waals surface area (Å²) in [6.45, 7) is 4.31. The van der Waals surface area contributed by atoms with E-state index in [1.165, 1.54) is 40.1 Å². The van der Waals surface area contributed by atoms with E-state index in [0.29, 0.717) is 33.6 Å². The molecule has 1 aliphatic heterocycles. The molecule has 1 aliphatic rings. The number of nitrogens with zero attached hydrogens (tertiary/aromatic N) is 3. The van der Waals surface area contributed by atoms with Crippen molar-refractivity contribution in [2.75, 3.05) is 11.5 Å². The third-order valence-electron chi connectivity index (χ3n) is 6.15. The van der Waals surface area contributed by atoms with Crippen LogP contribution in [-0.4, -0.2) is 33.6 Å². The predicted molar refractivity (Wildman–Crippen MR) is 149 cm³/mol. The molecule has 0 radical (unpaired) electrons. The van der Waals surface area contributed by atoms with Crippen LogP contribution >= 0.6 is 23.1 Å². The molecule has 1 amide bonds. The standard InChI is InChI=1S/C29H24FN3O4S2/c1-3-37-22-14-10-20(11-15-22)25(34)23-24(19-8-4-17(2)5-9-19)33(27(36)26(23)35)28-31-32-29(39-28)38-16-18-6-12-21(30)13-7-18/h4-15,24,34H,3,16H2,1-2H3/b25-23-. The van der Waals surface area contributed by atoms with Gasteiger partial charge >= 0.3 is 5.91 Å². The van der Waals surface area contributed by atoms with Crippen LogP contribution in [0.5, 0.6) is 5.75 Å². The number of ketones is 1. The lowest BCUT2D eigenvalue weighted by Crippen LogP contribution is -2.29. The Kier molecular flexibility index (Phi) is 7.76. The number of carbonyl (C=O) groups excluding carboxylic acids is 2. The molecule has 0 aliphatic carbocycles. The summed E-state index contributed by atoms with van der Waals surface area (Å²) in [6, 6.07) is 19.4. The van der Waals surface area contributed by atoms with Crippen molar-refractivity contribution in [1.29, 1.82) is 0 Å². The maximum absolute atomic E-state index is 13.4. The zero-order valence-corrected chi connectivity index (χ0v) is 22.8. The van der Waals surface area contributed by atoms with E-state index in [1.807, 2.05) is 38.1 Å². The van der Waals surface area contributed by atoms with E-state index in [4.69, 9.17) is 4.74 Å². The van der Waals surface area contributed by atoms with Crippen LogP contribution in [0.2, 0.25) is 0 Å². The summed E-state index contributed by atoms with van der Waals surface area (Å²) in [5.41, 5.74) is 2.94. The lowest BCUT2D eigenvalue weighted by atomic mass is 9.95. The van der Waals surface area contributed by atoms with E-state index >= 15 is 0 Å². The number of benzene rings is 3. The van der Waals surface area contributed by atoms with Crippen LogP contribution in [0.4, 0.5) is 9.52 Å². The molecule has 3 aromatic carbocycles. The van der Waals surface area contributed by atoms with Crippen LogP contribution in [0.25, 0.3) is 5.76 Å². The molecule has 0 spiro atoms. The summed E-state index contributed by atoms with van der Waals surface area (Å²) >= 11 is 2.57. The van der Waals surface area contributed by atoms with Crippen molar-refractivity contribution in [1.82, 2.24) is 10.2 Å². The number of aryl methyl sites for hydroxylation is 1. The van der Waals surface area contributed by atoms with Crippen molar-refractivity contribution in [3.63, 3.8) is 0 Å². The Bertz CT molecular complexity index is 1530. The smallest absolute Gasteiger partial charge is 0.301 e. The van der Waals surface area contributed by atoms with Crippen LogP contribution in [-0.2, 0) is 15.3 Å². The Morgan fingerprint density at radius 2 is 1.72 bits per heavy atom. The third kappa shape index (κ3) is 5.57. The van der Waals surface area contributed by atoms with Gasteiger partial charge in [-0.25, -0.2) is 4.39 Å². The lowest BCUT2D eigenvalue weighted by Gasteiger charge is -2.22. The van der Waals surface area contributed by atoms with Crippen molar-refractivity contribution in [2.24, 2.45) is 0 Å². The van der Waals surface area contributed by atoms with Gasteiger partial charge in [0, 0.05) is 11.3 Å². The number of hydrogen-bond donors (Lipinski definition) is 1. The SMILES string of the molecule is CCOc1ccc(/C(O)=C2/C(=O)C(=O)N(c3nnc(SCc4ccc(F)cc4)s3)C2c2ccc(C)cc2)cc1. The number of aromatic nitrogens is 2. The molecule has 2 heterocycles. The van der Waals surface area contributed by atoms with Gasteiger partial charge in [0.05, 0.1) is 18.2 Å². The number of hydrogen-bond acceptors (Lipinski definition) is 8. The van der Waals surface area contributed by atoms with E-state index in [-0.39, 0.29) is 22.3 Å². The molecule has 198 valence electrons. The molecule has 1 atom stereocenters. The van der Waals surface area contributed by atoms with Gasteiger partial charge in [-0.1, -0.05) is 65.1 Å². The minimum absolute atomic E-state index is 0.0243. The first-order valence-electron chi connectivity index (χ1n) is 12.2. The Morgan fingerprint density at radius 1 is 1.03 bits per heavy atom. The monoisotopic (exact) mass is 561 g/mol. The second-order valence-corrected chi connectivity index (χ2v) is 11.0. The molecule has 0 bridgehead atoms. The fraction of sp³-hybridized carbons (Fsp3) is 0.172. The van der Waals surface area contributed by atoms with Crippen LogP contribution in [0.1, 0.15) is 35.2 Å². The van der Waals surface area contributed by atoms with Gasteiger partial charge in [0.1, 0.15) is 17.3 Å². The number of amides is 1. The summed E-state index contributed by atoms with van der Waals surface area (Å²) in [5, 5.41) is 20.0. The molecule has 7 nitrogen and oxygen atoms in total. The number of Topliss-reactive ketones (excluding diaryl/α,β-unsaturated/α-hetero) is 1. The zero-order valence-electron chi connectivity index (χ0n) is 21.1. The Balaban J connectivity index is 1.51. The highest BCUT2D eigenvalue weighted by atomic mass is 32.2. The number of ether oxygens (including phenoxy) is 1. The predicted octanol–water partition coefficient (Wildman–Crippen LogP) is 6.30. The highest BCUT2D eigenvalue weighted by molar-refractivity contribution is 8.00. The molecule has 1 aromatic heterocycles. The molecule has 1 saturated heterocycles. The summed E-state index contributed by atoms with van der Waals surface area (Å²) in [6.07, 6.45) is 0. The first-order valence-corrected chi connectivity index (χ1v) is 14.0. The van der Waals surface area contributed by atoms with E-state index in [1.54, 1.807) is 36.4 Å². The molecule has 4 aromatic rings. The molecule has 0 saturated carbocycles. The van der Waals surface area contributed by atoms with E-state index in [9.17, 15) is 19.1 Å². The minimum Gasteiger partial charge on any atom is -0.507 e. The van der Waals surface area contributed by atoms with E-state index in [0.717, 1.165) is 11.1 Å². The average molecular weight is 562 g/mol. The number of carbonyl (C=O) groups is 2. The van der Waals surface area contributed by atoms with Crippen molar-refractivity contribution in [3.8, 4) is 5.75 Å². The van der Waals surface area contributed by atoms with Crippen LogP contribution < -0.4 is 9.64 Å².